The number of hydrogen-bond acceptors (Lipinski definition) is 6. The number of fused-ring (bicyclic) bond motifs is 1. The zero-order valence-electron chi connectivity index (χ0n) is 14.8. The van der Waals surface area contributed by atoms with E-state index in [0.717, 1.165) is 43.9 Å². The van der Waals surface area contributed by atoms with Crippen LogP contribution in [-0.4, -0.2) is 47.1 Å². The molecule has 0 aliphatic carbocycles. The van der Waals surface area contributed by atoms with Gasteiger partial charge < -0.3 is 9.32 Å². The van der Waals surface area contributed by atoms with Crippen LogP contribution in [0.15, 0.2) is 57.7 Å². The molecule has 8 heteroatoms. The Morgan fingerprint density at radius 3 is 2.37 bits per heavy atom. The number of hydrogen-bond donors (Lipinski definition) is 0. The molecule has 0 radical (unpaired) electrons. The second kappa shape index (κ2) is 7.24. The molecule has 0 atom stereocenters. The van der Waals surface area contributed by atoms with Gasteiger partial charge in [-0.15, -0.1) is 0 Å². The van der Waals surface area contributed by atoms with Crippen LogP contribution in [0.3, 0.4) is 0 Å². The summed E-state index contributed by atoms with van der Waals surface area (Å²) in [5, 5.41) is 10.8. The van der Waals surface area contributed by atoms with Crippen LogP contribution in [-0.2, 0) is 6.54 Å². The van der Waals surface area contributed by atoms with E-state index in [1.807, 2.05) is 18.2 Å². The minimum atomic E-state index is -0.386. The van der Waals surface area contributed by atoms with Gasteiger partial charge in [0, 0.05) is 57.1 Å². The third-order valence-electron chi connectivity index (χ3n) is 5.01. The van der Waals surface area contributed by atoms with E-state index in [1.54, 1.807) is 22.8 Å². The molecule has 0 amide bonds. The minimum absolute atomic E-state index is 0.107. The summed E-state index contributed by atoms with van der Waals surface area (Å²) in [6, 6.07) is 14.1. The second-order valence-electron chi connectivity index (χ2n) is 6.59. The molecular formula is C19H20N4O4. The van der Waals surface area contributed by atoms with Gasteiger partial charge in [0.05, 0.1) is 10.4 Å². The normalized spacial score (nSPS) is 15.3. The van der Waals surface area contributed by atoms with Crippen molar-refractivity contribution in [2.45, 2.75) is 6.54 Å². The number of oxazole rings is 1. The molecule has 1 aliphatic rings. The summed E-state index contributed by atoms with van der Waals surface area (Å²) in [5.41, 5.74) is 2.55. The van der Waals surface area contributed by atoms with E-state index in [9.17, 15) is 14.9 Å². The summed E-state index contributed by atoms with van der Waals surface area (Å²) < 4.78 is 6.95. The topological polar surface area (TPSA) is 84.8 Å². The van der Waals surface area contributed by atoms with Crippen LogP contribution < -0.4 is 10.7 Å². The first kappa shape index (κ1) is 17.3. The van der Waals surface area contributed by atoms with Gasteiger partial charge >= 0.3 is 5.76 Å². The Balaban J connectivity index is 1.35. The number of nitrogens with zero attached hydrogens (tertiary/aromatic N) is 4. The average molecular weight is 368 g/mol. The first-order valence-corrected chi connectivity index (χ1v) is 8.92. The molecule has 1 aromatic heterocycles. The smallest absolute Gasteiger partial charge is 0.408 e. The Kier molecular flexibility index (Phi) is 4.64. The predicted molar refractivity (Wildman–Crippen MR) is 102 cm³/mol. The van der Waals surface area contributed by atoms with Crippen molar-refractivity contribution in [2.24, 2.45) is 0 Å². The van der Waals surface area contributed by atoms with Crippen LogP contribution in [0.4, 0.5) is 11.4 Å². The lowest BCUT2D eigenvalue weighted by molar-refractivity contribution is -0.384. The SMILES string of the molecule is O=c1oc2ccccc2n1CCN1CCN(c2ccc([N+](=O)[O-])cc2)CC1. The van der Waals surface area contributed by atoms with E-state index in [-0.39, 0.29) is 16.4 Å². The van der Waals surface area contributed by atoms with Crippen LogP contribution in [0, 0.1) is 10.1 Å². The average Bonchev–Trinajstić information content (AvgIpc) is 3.02. The first-order valence-electron chi connectivity index (χ1n) is 8.92. The summed E-state index contributed by atoms with van der Waals surface area (Å²) in [6.07, 6.45) is 0. The van der Waals surface area contributed by atoms with Gasteiger partial charge in [0.25, 0.3) is 5.69 Å². The fourth-order valence-corrected chi connectivity index (χ4v) is 3.48. The Hall–Kier alpha value is -3.13. The summed E-state index contributed by atoms with van der Waals surface area (Å²) in [7, 11) is 0. The summed E-state index contributed by atoms with van der Waals surface area (Å²) in [5.74, 6) is -0.319. The Bertz CT molecular complexity index is 1000. The third-order valence-corrected chi connectivity index (χ3v) is 5.01. The number of aromatic nitrogens is 1. The number of nitro benzene ring substituents is 1. The van der Waals surface area contributed by atoms with Crippen molar-refractivity contribution >= 4 is 22.5 Å². The van der Waals surface area contributed by atoms with E-state index in [0.29, 0.717) is 12.1 Å². The number of nitro groups is 1. The fourth-order valence-electron chi connectivity index (χ4n) is 3.48. The van der Waals surface area contributed by atoms with Gasteiger partial charge in [-0.25, -0.2) is 4.79 Å². The van der Waals surface area contributed by atoms with E-state index >= 15 is 0 Å². The maximum atomic E-state index is 12.0. The monoisotopic (exact) mass is 368 g/mol. The van der Waals surface area contributed by atoms with Gasteiger partial charge in [0.1, 0.15) is 0 Å². The highest BCUT2D eigenvalue weighted by atomic mass is 16.6. The molecule has 0 N–H and O–H groups in total. The highest BCUT2D eigenvalue weighted by Gasteiger charge is 2.18. The van der Waals surface area contributed by atoms with Gasteiger partial charge in [0.15, 0.2) is 5.58 Å². The molecule has 1 aliphatic heterocycles. The van der Waals surface area contributed by atoms with Gasteiger partial charge in [-0.2, -0.15) is 0 Å². The van der Waals surface area contributed by atoms with Crippen molar-refractivity contribution in [2.75, 3.05) is 37.6 Å². The Morgan fingerprint density at radius 2 is 1.67 bits per heavy atom. The van der Waals surface area contributed by atoms with Crippen molar-refractivity contribution in [3.05, 3.63) is 69.2 Å². The molecule has 140 valence electrons. The second-order valence-corrected chi connectivity index (χ2v) is 6.59. The van der Waals surface area contributed by atoms with E-state index in [1.165, 1.54) is 12.1 Å². The van der Waals surface area contributed by atoms with Gasteiger partial charge in [0.2, 0.25) is 0 Å². The minimum Gasteiger partial charge on any atom is -0.408 e. The van der Waals surface area contributed by atoms with E-state index < -0.39 is 0 Å². The molecule has 2 heterocycles. The summed E-state index contributed by atoms with van der Waals surface area (Å²) in [6.45, 7) is 4.81. The highest BCUT2D eigenvalue weighted by Crippen LogP contribution is 2.20. The molecule has 1 saturated heterocycles. The molecule has 3 aromatic rings. The summed E-state index contributed by atoms with van der Waals surface area (Å²) >= 11 is 0. The molecular weight excluding hydrogens is 348 g/mol. The predicted octanol–water partition coefficient (Wildman–Crippen LogP) is 2.32. The van der Waals surface area contributed by atoms with Crippen molar-refractivity contribution in [1.29, 1.82) is 0 Å². The van der Waals surface area contributed by atoms with Crippen LogP contribution in [0.1, 0.15) is 0 Å². The molecule has 0 bridgehead atoms. The van der Waals surface area contributed by atoms with E-state index in [4.69, 9.17) is 4.42 Å². The van der Waals surface area contributed by atoms with Gasteiger partial charge in [-0.1, -0.05) is 12.1 Å². The van der Waals surface area contributed by atoms with Crippen molar-refractivity contribution < 1.29 is 9.34 Å². The number of benzene rings is 2. The maximum Gasteiger partial charge on any atom is 0.419 e. The molecule has 0 saturated carbocycles. The molecule has 0 spiro atoms. The van der Waals surface area contributed by atoms with Gasteiger partial charge in [-0.3, -0.25) is 19.6 Å². The number of piperazine rings is 1. The van der Waals surface area contributed by atoms with Crippen molar-refractivity contribution in [1.82, 2.24) is 9.47 Å². The maximum absolute atomic E-state index is 12.0. The molecule has 0 unspecified atom stereocenters. The van der Waals surface area contributed by atoms with Crippen molar-refractivity contribution in [3.63, 3.8) is 0 Å². The first-order chi connectivity index (χ1) is 13.1. The zero-order chi connectivity index (χ0) is 18.8. The molecule has 27 heavy (non-hydrogen) atoms. The quantitative estimate of drug-likeness (QED) is 0.508. The lowest BCUT2D eigenvalue weighted by Gasteiger charge is -2.36. The lowest BCUT2D eigenvalue weighted by Crippen LogP contribution is -2.47. The van der Waals surface area contributed by atoms with Crippen LogP contribution >= 0.6 is 0 Å². The number of para-hydroxylation sites is 2. The van der Waals surface area contributed by atoms with Crippen molar-refractivity contribution in [3.8, 4) is 0 Å². The number of non-ortho nitro benzene ring substituents is 1. The molecule has 2 aromatic carbocycles. The molecule has 1 fully saturated rings. The third kappa shape index (κ3) is 3.56. The van der Waals surface area contributed by atoms with Crippen LogP contribution in [0.25, 0.3) is 11.1 Å². The number of rotatable bonds is 5. The Labute approximate surface area is 155 Å². The fraction of sp³-hybridized carbons (Fsp3) is 0.316. The number of anilines is 1. The largest absolute Gasteiger partial charge is 0.419 e. The molecule has 8 nitrogen and oxygen atoms in total. The highest BCUT2D eigenvalue weighted by molar-refractivity contribution is 5.72. The van der Waals surface area contributed by atoms with Crippen LogP contribution in [0.2, 0.25) is 0 Å². The van der Waals surface area contributed by atoms with E-state index in [2.05, 4.69) is 9.80 Å². The summed E-state index contributed by atoms with van der Waals surface area (Å²) in [4.78, 5) is 27.0. The van der Waals surface area contributed by atoms with Gasteiger partial charge in [-0.05, 0) is 24.3 Å². The van der Waals surface area contributed by atoms with Crippen LogP contribution in [0.5, 0.6) is 0 Å². The zero-order valence-corrected chi connectivity index (χ0v) is 14.8. The standard InChI is InChI=1S/C19H20N4O4/c24-19-22(17-3-1-2-4-18(17)27-19)14-11-20-9-12-21(13-10-20)15-5-7-16(8-6-15)23(25)26/h1-8H,9-14H2. The molecule has 4 rings (SSSR count). The lowest BCUT2D eigenvalue weighted by atomic mass is 10.2. The Morgan fingerprint density at radius 1 is 0.963 bits per heavy atom.